The van der Waals surface area contributed by atoms with E-state index in [1.54, 1.807) is 42.5 Å². The van der Waals surface area contributed by atoms with Gasteiger partial charge in [0, 0.05) is 27.8 Å². The molecule has 0 aliphatic heterocycles. The van der Waals surface area contributed by atoms with Crippen molar-refractivity contribution in [2.24, 2.45) is 0 Å². The Hall–Kier alpha value is -2.72. The molecule has 0 saturated heterocycles. The molecule has 22 heavy (non-hydrogen) atoms. The van der Waals surface area contributed by atoms with E-state index in [2.05, 4.69) is 5.32 Å². The molecular formula is C17H10ClNO3. The minimum atomic E-state index is -0.491. The number of allylic oxidation sites excluding steroid dienone is 2. The van der Waals surface area contributed by atoms with Gasteiger partial charge < -0.3 is 5.32 Å². The predicted molar refractivity (Wildman–Crippen MR) is 82.1 cm³/mol. The Bertz CT molecular complexity index is 839. The number of ketones is 2. The van der Waals surface area contributed by atoms with Crippen molar-refractivity contribution in [1.29, 1.82) is 0 Å². The smallest absolute Gasteiger partial charge is 0.255 e. The second-order valence-corrected chi connectivity index (χ2v) is 5.20. The van der Waals surface area contributed by atoms with E-state index in [0.717, 1.165) is 6.08 Å². The Morgan fingerprint density at radius 3 is 2.41 bits per heavy atom. The molecule has 0 aromatic heterocycles. The summed E-state index contributed by atoms with van der Waals surface area (Å²) in [7, 11) is 0. The molecule has 0 spiro atoms. The van der Waals surface area contributed by atoms with Crippen molar-refractivity contribution in [2.45, 2.75) is 0 Å². The Morgan fingerprint density at radius 2 is 1.68 bits per heavy atom. The average Bonchev–Trinajstić information content (AvgIpc) is 2.52. The molecule has 1 N–H and O–H groups in total. The molecule has 0 radical (unpaired) electrons. The number of Topliss-reactive ketones (excluding diaryl/α,β-unsaturated/α-hetero) is 1. The number of hydrogen-bond donors (Lipinski definition) is 1. The molecule has 0 fully saturated rings. The number of fused-ring (bicyclic) bond motifs is 1. The third-order valence-corrected chi connectivity index (χ3v) is 3.53. The average molecular weight is 312 g/mol. The van der Waals surface area contributed by atoms with E-state index < -0.39 is 5.91 Å². The van der Waals surface area contributed by atoms with Gasteiger partial charge >= 0.3 is 0 Å². The van der Waals surface area contributed by atoms with Gasteiger partial charge in [-0.1, -0.05) is 41.9 Å². The van der Waals surface area contributed by atoms with Crippen LogP contribution in [0.2, 0.25) is 5.02 Å². The van der Waals surface area contributed by atoms with E-state index in [0.29, 0.717) is 16.1 Å². The van der Waals surface area contributed by atoms with Gasteiger partial charge in [-0.2, -0.15) is 0 Å². The lowest BCUT2D eigenvalue weighted by atomic mass is 9.92. The maximum absolute atomic E-state index is 12.3. The third kappa shape index (κ3) is 2.56. The van der Waals surface area contributed by atoms with Crippen molar-refractivity contribution in [3.63, 3.8) is 0 Å². The van der Waals surface area contributed by atoms with E-state index in [1.807, 2.05) is 0 Å². The molecule has 1 aliphatic rings. The summed E-state index contributed by atoms with van der Waals surface area (Å²) in [6.45, 7) is 0. The summed E-state index contributed by atoms with van der Waals surface area (Å²) in [6, 6.07) is 12.8. The number of halogens is 1. The summed E-state index contributed by atoms with van der Waals surface area (Å²) in [5.41, 5.74) is 0.908. The number of hydrogen-bond acceptors (Lipinski definition) is 3. The summed E-state index contributed by atoms with van der Waals surface area (Å²) in [6.07, 6.45) is 1.15. The monoisotopic (exact) mass is 311 g/mol. The first-order valence-electron chi connectivity index (χ1n) is 6.53. The van der Waals surface area contributed by atoms with Gasteiger partial charge in [0.2, 0.25) is 5.78 Å². The zero-order valence-corrected chi connectivity index (χ0v) is 12.1. The third-order valence-electron chi connectivity index (χ3n) is 3.29. The molecule has 108 valence electrons. The Kier molecular flexibility index (Phi) is 3.61. The second kappa shape index (κ2) is 5.58. The van der Waals surface area contributed by atoms with Gasteiger partial charge in [-0.05, 0) is 18.2 Å². The SMILES string of the molecule is O=C(NC1=CC(=O)c2ccccc2C1=O)c1cccc(Cl)c1. The van der Waals surface area contributed by atoms with Gasteiger partial charge in [0.05, 0.1) is 5.70 Å². The molecule has 1 aliphatic carbocycles. The molecular weight excluding hydrogens is 302 g/mol. The molecule has 0 atom stereocenters. The topological polar surface area (TPSA) is 63.2 Å². The van der Waals surface area contributed by atoms with Crippen LogP contribution >= 0.6 is 11.6 Å². The molecule has 0 heterocycles. The number of benzene rings is 2. The predicted octanol–water partition coefficient (Wildman–Crippen LogP) is 3.03. The molecule has 5 heteroatoms. The van der Waals surface area contributed by atoms with Crippen LogP contribution in [-0.4, -0.2) is 17.5 Å². The normalized spacial score (nSPS) is 13.4. The highest BCUT2D eigenvalue weighted by Crippen LogP contribution is 2.20. The number of carbonyl (C=O) groups is 3. The zero-order valence-electron chi connectivity index (χ0n) is 11.3. The van der Waals surface area contributed by atoms with Crippen molar-refractivity contribution < 1.29 is 14.4 Å². The quantitative estimate of drug-likeness (QED) is 0.927. The maximum Gasteiger partial charge on any atom is 0.255 e. The van der Waals surface area contributed by atoms with Gasteiger partial charge in [0.1, 0.15) is 0 Å². The highest BCUT2D eigenvalue weighted by Gasteiger charge is 2.26. The van der Waals surface area contributed by atoms with Gasteiger partial charge in [-0.25, -0.2) is 0 Å². The summed E-state index contributed by atoms with van der Waals surface area (Å²) in [5.74, 6) is -1.18. The summed E-state index contributed by atoms with van der Waals surface area (Å²) in [4.78, 5) is 36.5. The Morgan fingerprint density at radius 1 is 0.955 bits per heavy atom. The first-order chi connectivity index (χ1) is 10.6. The molecule has 0 bridgehead atoms. The molecule has 3 rings (SSSR count). The number of amides is 1. The first kappa shape index (κ1) is 14.2. The standard InChI is InChI=1S/C17H10ClNO3/c18-11-5-3-4-10(8-11)17(22)19-14-9-15(20)12-6-1-2-7-13(12)16(14)21/h1-9H,(H,19,22). The number of rotatable bonds is 2. The van der Waals surface area contributed by atoms with E-state index in [1.165, 1.54) is 6.07 Å². The van der Waals surface area contributed by atoms with Crippen LogP contribution in [0.3, 0.4) is 0 Å². The molecule has 2 aromatic rings. The lowest BCUT2D eigenvalue weighted by Gasteiger charge is -2.15. The van der Waals surface area contributed by atoms with Crippen molar-refractivity contribution >= 4 is 29.1 Å². The van der Waals surface area contributed by atoms with E-state index in [-0.39, 0.29) is 22.8 Å². The summed E-state index contributed by atoms with van der Waals surface area (Å²) in [5, 5.41) is 2.89. The molecule has 1 amide bonds. The number of nitrogens with one attached hydrogen (secondary N) is 1. The van der Waals surface area contributed by atoms with Crippen LogP contribution in [0.5, 0.6) is 0 Å². The minimum Gasteiger partial charge on any atom is -0.319 e. The summed E-state index contributed by atoms with van der Waals surface area (Å²) < 4.78 is 0. The van der Waals surface area contributed by atoms with Gasteiger partial charge in [-0.3, -0.25) is 14.4 Å². The van der Waals surface area contributed by atoms with E-state index in [4.69, 9.17) is 11.6 Å². The molecule has 0 unspecified atom stereocenters. The lowest BCUT2D eigenvalue weighted by molar-refractivity contribution is 0.0924. The fraction of sp³-hybridized carbons (Fsp3) is 0. The highest BCUT2D eigenvalue weighted by molar-refractivity contribution is 6.31. The maximum atomic E-state index is 12.3. The summed E-state index contributed by atoms with van der Waals surface area (Å²) >= 11 is 5.83. The Balaban J connectivity index is 1.89. The number of carbonyl (C=O) groups excluding carboxylic acids is 3. The minimum absolute atomic E-state index is 0.0336. The molecule has 2 aromatic carbocycles. The van der Waals surface area contributed by atoms with Crippen LogP contribution in [0, 0.1) is 0 Å². The lowest BCUT2D eigenvalue weighted by Crippen LogP contribution is -2.31. The van der Waals surface area contributed by atoms with E-state index in [9.17, 15) is 14.4 Å². The van der Waals surface area contributed by atoms with Crippen LogP contribution in [0.4, 0.5) is 0 Å². The first-order valence-corrected chi connectivity index (χ1v) is 6.91. The van der Waals surface area contributed by atoms with Gasteiger partial charge in [-0.15, -0.1) is 0 Å². The van der Waals surface area contributed by atoms with Crippen LogP contribution < -0.4 is 5.32 Å². The molecule has 0 saturated carbocycles. The van der Waals surface area contributed by atoms with E-state index >= 15 is 0 Å². The fourth-order valence-electron chi connectivity index (χ4n) is 2.23. The zero-order chi connectivity index (χ0) is 15.7. The second-order valence-electron chi connectivity index (χ2n) is 4.76. The van der Waals surface area contributed by atoms with Gasteiger partial charge in [0.15, 0.2) is 5.78 Å². The van der Waals surface area contributed by atoms with Crippen molar-refractivity contribution in [1.82, 2.24) is 5.32 Å². The largest absolute Gasteiger partial charge is 0.319 e. The van der Waals surface area contributed by atoms with Crippen molar-refractivity contribution in [3.05, 3.63) is 82.0 Å². The van der Waals surface area contributed by atoms with Crippen LogP contribution in [0.25, 0.3) is 0 Å². The van der Waals surface area contributed by atoms with Gasteiger partial charge in [0.25, 0.3) is 5.91 Å². The fourth-order valence-corrected chi connectivity index (χ4v) is 2.42. The van der Waals surface area contributed by atoms with Crippen LogP contribution in [0.1, 0.15) is 31.1 Å². The highest BCUT2D eigenvalue weighted by atomic mass is 35.5. The van der Waals surface area contributed by atoms with Crippen LogP contribution in [0.15, 0.2) is 60.3 Å². The Labute approximate surface area is 131 Å². The van der Waals surface area contributed by atoms with Crippen LogP contribution in [-0.2, 0) is 0 Å². The van der Waals surface area contributed by atoms with Crippen molar-refractivity contribution in [2.75, 3.05) is 0 Å². The van der Waals surface area contributed by atoms with Crippen molar-refractivity contribution in [3.8, 4) is 0 Å². The molecule has 4 nitrogen and oxygen atoms in total.